The first kappa shape index (κ1) is 18.4. The molecule has 1 amide bonds. The average molecular weight is 365 g/mol. The van der Waals surface area contributed by atoms with Gasteiger partial charge >= 0.3 is 0 Å². The molecule has 1 heterocycles. The number of benzene rings is 2. The number of aryl methyl sites for hydroxylation is 3. The number of nitrogens with zero attached hydrogens (tertiary/aromatic N) is 3. The number of primary amides is 1. The number of ether oxygens (including phenoxy) is 1. The van der Waals surface area contributed by atoms with Gasteiger partial charge in [0.25, 0.3) is 0 Å². The first-order valence-electron chi connectivity index (χ1n) is 8.53. The van der Waals surface area contributed by atoms with Crippen molar-refractivity contribution < 1.29 is 9.53 Å². The highest BCUT2D eigenvalue weighted by atomic mass is 16.5. The molecule has 0 bridgehead atoms. The molecule has 1 aromatic heterocycles. The van der Waals surface area contributed by atoms with Crippen molar-refractivity contribution >= 4 is 34.2 Å². The van der Waals surface area contributed by atoms with Gasteiger partial charge in [0.2, 0.25) is 5.91 Å². The second-order valence-electron chi connectivity index (χ2n) is 6.51. The topological polar surface area (TPSA) is 94.5 Å². The van der Waals surface area contributed by atoms with E-state index in [1.807, 2.05) is 44.5 Å². The maximum atomic E-state index is 11.7. The highest BCUT2D eigenvalue weighted by Gasteiger charge is 2.13. The summed E-state index contributed by atoms with van der Waals surface area (Å²) in [7, 11) is 3.53. The number of hydrogen-bond acceptors (Lipinski definition) is 4. The Balaban J connectivity index is 2.03. The zero-order valence-corrected chi connectivity index (χ0v) is 16.1. The van der Waals surface area contributed by atoms with Crippen molar-refractivity contribution in [1.82, 2.24) is 9.55 Å². The van der Waals surface area contributed by atoms with Crippen LogP contribution in [0.3, 0.4) is 0 Å². The number of rotatable bonds is 4. The van der Waals surface area contributed by atoms with Gasteiger partial charge in [-0.2, -0.15) is 0 Å². The number of carbonyl (C=O) groups excluding carboxylic acids is 1. The highest BCUT2D eigenvalue weighted by molar-refractivity contribution is 6.02. The minimum Gasteiger partial charge on any atom is -0.495 e. The van der Waals surface area contributed by atoms with E-state index in [9.17, 15) is 4.79 Å². The molecule has 27 heavy (non-hydrogen) atoms. The van der Waals surface area contributed by atoms with E-state index in [-0.39, 0.29) is 0 Å². The minimum atomic E-state index is -0.484. The standard InChI is InChI=1S/C20H23N5O2/c1-11-6-7-16-19(22-10-25(16)4)18(11)24-13(3)23-15-9-14(20(21)26)12(2)8-17(15)27-5/h6-10H,1-5H3,(H2,21,26)(H,23,24). The lowest BCUT2D eigenvalue weighted by Crippen LogP contribution is -2.15. The monoisotopic (exact) mass is 365 g/mol. The molecule has 0 saturated carbocycles. The van der Waals surface area contributed by atoms with E-state index >= 15 is 0 Å². The van der Waals surface area contributed by atoms with Gasteiger partial charge in [-0.1, -0.05) is 6.07 Å². The smallest absolute Gasteiger partial charge is 0.249 e. The Kier molecular flexibility index (Phi) is 4.85. The van der Waals surface area contributed by atoms with E-state index in [2.05, 4.69) is 10.3 Å². The highest BCUT2D eigenvalue weighted by Crippen LogP contribution is 2.31. The number of amidine groups is 1. The molecule has 0 spiro atoms. The Labute approximate surface area is 157 Å². The number of carbonyl (C=O) groups is 1. The summed E-state index contributed by atoms with van der Waals surface area (Å²) in [6.07, 6.45) is 1.77. The van der Waals surface area contributed by atoms with Crippen molar-refractivity contribution in [3.63, 3.8) is 0 Å². The molecular formula is C20H23N5O2. The van der Waals surface area contributed by atoms with Crippen molar-refractivity contribution in [3.05, 3.63) is 47.3 Å². The van der Waals surface area contributed by atoms with Gasteiger partial charge in [-0.05, 0) is 50.1 Å². The Morgan fingerprint density at radius 2 is 2.00 bits per heavy atom. The average Bonchev–Trinajstić information content (AvgIpc) is 2.99. The van der Waals surface area contributed by atoms with Gasteiger partial charge in [0.05, 0.1) is 30.3 Å². The number of anilines is 1. The number of imidazole rings is 1. The van der Waals surface area contributed by atoms with Crippen LogP contribution in [0.15, 0.2) is 35.6 Å². The number of fused-ring (bicyclic) bond motifs is 1. The number of hydrogen-bond donors (Lipinski definition) is 2. The van der Waals surface area contributed by atoms with Gasteiger partial charge in [0, 0.05) is 12.6 Å². The molecule has 0 atom stereocenters. The lowest BCUT2D eigenvalue weighted by Gasteiger charge is -2.14. The fourth-order valence-electron chi connectivity index (χ4n) is 3.03. The van der Waals surface area contributed by atoms with E-state index in [1.54, 1.807) is 25.6 Å². The van der Waals surface area contributed by atoms with E-state index in [1.165, 1.54) is 0 Å². The summed E-state index contributed by atoms with van der Waals surface area (Å²) < 4.78 is 7.38. The largest absolute Gasteiger partial charge is 0.495 e. The molecule has 140 valence electrons. The fraction of sp³-hybridized carbons (Fsp3) is 0.250. The minimum absolute atomic E-state index is 0.439. The van der Waals surface area contributed by atoms with Crippen LogP contribution in [0.1, 0.15) is 28.4 Å². The summed E-state index contributed by atoms with van der Waals surface area (Å²) in [6, 6.07) is 7.51. The molecular weight excluding hydrogens is 342 g/mol. The molecule has 3 N–H and O–H groups in total. The van der Waals surface area contributed by atoms with E-state index < -0.39 is 5.91 Å². The van der Waals surface area contributed by atoms with Crippen molar-refractivity contribution in [1.29, 1.82) is 0 Å². The Hall–Kier alpha value is -3.35. The molecule has 3 rings (SSSR count). The molecule has 0 saturated heterocycles. The van der Waals surface area contributed by atoms with Gasteiger partial charge < -0.3 is 20.4 Å². The first-order chi connectivity index (χ1) is 12.8. The van der Waals surface area contributed by atoms with Gasteiger partial charge in [0.15, 0.2) is 0 Å². The predicted octanol–water partition coefficient (Wildman–Crippen LogP) is 3.46. The lowest BCUT2D eigenvalue weighted by atomic mass is 10.1. The summed E-state index contributed by atoms with van der Waals surface area (Å²) >= 11 is 0. The maximum Gasteiger partial charge on any atom is 0.249 e. The van der Waals surface area contributed by atoms with Crippen LogP contribution in [0.2, 0.25) is 0 Å². The molecule has 0 unspecified atom stereocenters. The molecule has 2 aromatic carbocycles. The van der Waals surface area contributed by atoms with Crippen LogP contribution in [0.25, 0.3) is 11.0 Å². The maximum absolute atomic E-state index is 11.7. The summed E-state index contributed by atoms with van der Waals surface area (Å²) in [6.45, 7) is 5.67. The van der Waals surface area contributed by atoms with Crippen molar-refractivity contribution in [2.45, 2.75) is 20.8 Å². The molecule has 0 radical (unpaired) electrons. The second-order valence-corrected chi connectivity index (χ2v) is 6.51. The number of methoxy groups -OCH3 is 1. The molecule has 0 aliphatic carbocycles. The quantitative estimate of drug-likeness (QED) is 0.547. The van der Waals surface area contributed by atoms with Crippen molar-refractivity contribution in [2.24, 2.45) is 17.8 Å². The van der Waals surface area contributed by atoms with Gasteiger partial charge in [-0.25, -0.2) is 9.98 Å². The molecule has 3 aromatic rings. The number of nitrogens with two attached hydrogens (primary N) is 1. The zero-order valence-electron chi connectivity index (χ0n) is 16.1. The molecule has 0 fully saturated rings. The Morgan fingerprint density at radius 3 is 2.67 bits per heavy atom. The van der Waals surface area contributed by atoms with Crippen LogP contribution in [0.4, 0.5) is 11.4 Å². The molecule has 0 aliphatic heterocycles. The van der Waals surface area contributed by atoms with Gasteiger partial charge in [-0.3, -0.25) is 4.79 Å². The lowest BCUT2D eigenvalue weighted by molar-refractivity contribution is 0.0999. The normalized spacial score (nSPS) is 11.7. The number of aliphatic imine (C=N–C) groups is 1. The number of amides is 1. The van der Waals surface area contributed by atoms with Crippen LogP contribution >= 0.6 is 0 Å². The fourth-order valence-corrected chi connectivity index (χ4v) is 3.03. The predicted molar refractivity (Wildman–Crippen MR) is 108 cm³/mol. The van der Waals surface area contributed by atoms with Crippen LogP contribution in [-0.2, 0) is 7.05 Å². The third-order valence-corrected chi connectivity index (χ3v) is 4.48. The summed E-state index contributed by atoms with van der Waals surface area (Å²) in [4.78, 5) is 20.8. The van der Waals surface area contributed by atoms with E-state index in [4.69, 9.17) is 15.5 Å². The summed E-state index contributed by atoms with van der Waals surface area (Å²) in [5.41, 5.74) is 11.0. The van der Waals surface area contributed by atoms with Crippen LogP contribution in [0, 0.1) is 13.8 Å². The summed E-state index contributed by atoms with van der Waals surface area (Å²) in [5.74, 6) is 0.774. The molecule has 7 nitrogen and oxygen atoms in total. The van der Waals surface area contributed by atoms with Gasteiger partial charge in [0.1, 0.15) is 17.1 Å². The van der Waals surface area contributed by atoms with Crippen molar-refractivity contribution in [2.75, 3.05) is 12.4 Å². The number of aromatic nitrogens is 2. The molecule has 0 aliphatic rings. The van der Waals surface area contributed by atoms with Crippen molar-refractivity contribution in [3.8, 4) is 5.75 Å². The Morgan fingerprint density at radius 1 is 1.26 bits per heavy atom. The van der Waals surface area contributed by atoms with E-state index in [0.29, 0.717) is 22.8 Å². The van der Waals surface area contributed by atoms with Crippen LogP contribution < -0.4 is 15.8 Å². The third kappa shape index (κ3) is 3.48. The summed E-state index contributed by atoms with van der Waals surface area (Å²) in [5, 5.41) is 3.21. The molecule has 7 heteroatoms. The van der Waals surface area contributed by atoms with Crippen LogP contribution in [0.5, 0.6) is 5.75 Å². The SMILES string of the molecule is COc1cc(C)c(C(N)=O)cc1NC(C)=Nc1c(C)ccc2c1ncn2C. The Bertz CT molecular complexity index is 1070. The first-order valence-corrected chi connectivity index (χ1v) is 8.53. The number of nitrogens with one attached hydrogen (secondary N) is 1. The zero-order chi connectivity index (χ0) is 19.7. The third-order valence-electron chi connectivity index (χ3n) is 4.48. The second kappa shape index (κ2) is 7.11. The van der Waals surface area contributed by atoms with Crippen LogP contribution in [-0.4, -0.2) is 28.4 Å². The van der Waals surface area contributed by atoms with Gasteiger partial charge in [-0.15, -0.1) is 0 Å². The van der Waals surface area contributed by atoms with E-state index in [0.717, 1.165) is 27.8 Å².